The Bertz CT molecular complexity index is 363. The van der Waals surface area contributed by atoms with Crippen molar-refractivity contribution < 1.29 is 4.74 Å². The molecule has 3 nitrogen and oxygen atoms in total. The molecule has 1 heterocycles. The van der Waals surface area contributed by atoms with Crippen molar-refractivity contribution in [3.63, 3.8) is 0 Å². The molecular formula is C15H24N2O. The SMILES string of the molecule is CCNC(C)c1cccnc1OCCC1CCC1. The zero-order valence-electron chi connectivity index (χ0n) is 11.5. The van der Waals surface area contributed by atoms with Crippen LogP contribution in [0, 0.1) is 5.92 Å². The van der Waals surface area contributed by atoms with Gasteiger partial charge in [0, 0.05) is 17.8 Å². The van der Waals surface area contributed by atoms with E-state index in [1.54, 1.807) is 6.20 Å². The van der Waals surface area contributed by atoms with E-state index in [0.717, 1.165) is 30.5 Å². The van der Waals surface area contributed by atoms with Crippen molar-refractivity contribution >= 4 is 0 Å². The molecule has 18 heavy (non-hydrogen) atoms. The van der Waals surface area contributed by atoms with Crippen LogP contribution < -0.4 is 10.1 Å². The van der Waals surface area contributed by atoms with Crippen molar-refractivity contribution in [1.82, 2.24) is 10.3 Å². The van der Waals surface area contributed by atoms with Gasteiger partial charge < -0.3 is 10.1 Å². The summed E-state index contributed by atoms with van der Waals surface area (Å²) in [5, 5.41) is 3.40. The Morgan fingerprint density at radius 2 is 2.33 bits per heavy atom. The lowest BCUT2D eigenvalue weighted by Gasteiger charge is -2.25. The highest BCUT2D eigenvalue weighted by Gasteiger charge is 2.18. The average molecular weight is 248 g/mol. The topological polar surface area (TPSA) is 34.2 Å². The van der Waals surface area contributed by atoms with Crippen LogP contribution in [0.4, 0.5) is 0 Å². The predicted octanol–water partition coefficient (Wildman–Crippen LogP) is 3.32. The summed E-state index contributed by atoms with van der Waals surface area (Å²) in [4.78, 5) is 4.36. The van der Waals surface area contributed by atoms with Gasteiger partial charge in [0.1, 0.15) is 0 Å². The van der Waals surface area contributed by atoms with Gasteiger partial charge >= 0.3 is 0 Å². The van der Waals surface area contributed by atoms with Crippen LogP contribution in [0.5, 0.6) is 5.88 Å². The second kappa shape index (κ2) is 6.74. The first kappa shape index (κ1) is 13.3. The molecule has 1 aliphatic rings. The maximum Gasteiger partial charge on any atom is 0.218 e. The number of hydrogen-bond acceptors (Lipinski definition) is 3. The Morgan fingerprint density at radius 1 is 1.50 bits per heavy atom. The molecule has 0 aromatic carbocycles. The van der Waals surface area contributed by atoms with Crippen LogP contribution in [0.3, 0.4) is 0 Å². The van der Waals surface area contributed by atoms with Crippen LogP contribution in [-0.2, 0) is 0 Å². The molecule has 1 aromatic heterocycles. The highest BCUT2D eigenvalue weighted by Crippen LogP contribution is 2.30. The second-order valence-corrected chi connectivity index (χ2v) is 5.11. The van der Waals surface area contributed by atoms with Crippen LogP contribution in [0.25, 0.3) is 0 Å². The molecule has 1 aromatic rings. The van der Waals surface area contributed by atoms with Gasteiger partial charge in [-0.3, -0.25) is 0 Å². The van der Waals surface area contributed by atoms with E-state index in [9.17, 15) is 0 Å². The fourth-order valence-corrected chi connectivity index (χ4v) is 2.37. The zero-order valence-corrected chi connectivity index (χ0v) is 11.5. The minimum Gasteiger partial charge on any atom is -0.477 e. The molecule has 0 amide bonds. The standard InChI is InChI=1S/C15H24N2O/c1-3-16-12(2)14-8-5-10-17-15(14)18-11-9-13-6-4-7-13/h5,8,10,12-13,16H,3-4,6-7,9,11H2,1-2H3. The summed E-state index contributed by atoms with van der Waals surface area (Å²) in [6.45, 7) is 6.02. The van der Waals surface area contributed by atoms with Gasteiger partial charge in [0.2, 0.25) is 5.88 Å². The molecule has 100 valence electrons. The second-order valence-electron chi connectivity index (χ2n) is 5.11. The van der Waals surface area contributed by atoms with Crippen molar-refractivity contribution in [2.75, 3.05) is 13.2 Å². The van der Waals surface area contributed by atoms with Crippen LogP contribution in [0.1, 0.15) is 51.1 Å². The van der Waals surface area contributed by atoms with Crippen LogP contribution in [-0.4, -0.2) is 18.1 Å². The molecule has 0 spiro atoms. The summed E-state index contributed by atoms with van der Waals surface area (Å²) in [6.07, 6.45) is 7.14. The molecule has 1 unspecified atom stereocenters. The summed E-state index contributed by atoms with van der Waals surface area (Å²) < 4.78 is 5.86. The molecule has 0 saturated heterocycles. The van der Waals surface area contributed by atoms with Crippen LogP contribution in [0.15, 0.2) is 18.3 Å². The van der Waals surface area contributed by atoms with Gasteiger partial charge in [-0.05, 0) is 31.9 Å². The summed E-state index contributed by atoms with van der Waals surface area (Å²) in [5.74, 6) is 1.69. The number of rotatable bonds is 7. The van der Waals surface area contributed by atoms with Gasteiger partial charge in [-0.2, -0.15) is 0 Å². The summed E-state index contributed by atoms with van der Waals surface area (Å²) in [6, 6.07) is 4.36. The quantitative estimate of drug-likeness (QED) is 0.803. The van der Waals surface area contributed by atoms with Crippen molar-refractivity contribution in [2.24, 2.45) is 5.92 Å². The zero-order chi connectivity index (χ0) is 12.8. The first-order valence-electron chi connectivity index (χ1n) is 7.12. The number of aromatic nitrogens is 1. The first-order valence-corrected chi connectivity index (χ1v) is 7.12. The Balaban J connectivity index is 1.89. The average Bonchev–Trinajstić information content (AvgIpc) is 2.33. The van der Waals surface area contributed by atoms with Crippen molar-refractivity contribution in [1.29, 1.82) is 0 Å². The molecule has 3 heteroatoms. The fraction of sp³-hybridized carbons (Fsp3) is 0.667. The predicted molar refractivity (Wildman–Crippen MR) is 73.8 cm³/mol. The van der Waals surface area contributed by atoms with Crippen molar-refractivity contribution in [3.05, 3.63) is 23.9 Å². The lowest BCUT2D eigenvalue weighted by Crippen LogP contribution is -2.20. The Kier molecular flexibility index (Phi) is 5.00. The molecule has 1 saturated carbocycles. The van der Waals surface area contributed by atoms with Crippen LogP contribution in [0.2, 0.25) is 0 Å². The van der Waals surface area contributed by atoms with E-state index in [0.29, 0.717) is 6.04 Å². The normalized spacial score (nSPS) is 17.2. The van der Waals surface area contributed by atoms with Gasteiger partial charge in [0.25, 0.3) is 0 Å². The first-order chi connectivity index (χ1) is 8.81. The third-order valence-corrected chi connectivity index (χ3v) is 3.77. The van der Waals surface area contributed by atoms with E-state index >= 15 is 0 Å². The Morgan fingerprint density at radius 3 is 3.00 bits per heavy atom. The summed E-state index contributed by atoms with van der Waals surface area (Å²) in [5.41, 5.74) is 1.16. The minimum absolute atomic E-state index is 0.294. The largest absolute Gasteiger partial charge is 0.477 e. The van der Waals surface area contributed by atoms with E-state index < -0.39 is 0 Å². The lowest BCUT2D eigenvalue weighted by molar-refractivity contribution is 0.215. The van der Waals surface area contributed by atoms with E-state index in [1.807, 2.05) is 6.07 Å². The number of nitrogens with zero attached hydrogens (tertiary/aromatic N) is 1. The Labute approximate surface area is 110 Å². The molecule has 1 aliphatic carbocycles. The van der Waals surface area contributed by atoms with E-state index in [2.05, 4.69) is 30.2 Å². The summed E-state index contributed by atoms with van der Waals surface area (Å²) >= 11 is 0. The van der Waals surface area contributed by atoms with Gasteiger partial charge in [-0.15, -0.1) is 0 Å². The fourth-order valence-electron chi connectivity index (χ4n) is 2.37. The van der Waals surface area contributed by atoms with Crippen molar-refractivity contribution in [2.45, 2.75) is 45.6 Å². The van der Waals surface area contributed by atoms with Gasteiger partial charge in [-0.1, -0.05) is 32.3 Å². The maximum atomic E-state index is 5.86. The monoisotopic (exact) mass is 248 g/mol. The maximum absolute atomic E-state index is 5.86. The van der Waals surface area contributed by atoms with E-state index in [4.69, 9.17) is 4.74 Å². The molecule has 1 N–H and O–H groups in total. The highest BCUT2D eigenvalue weighted by atomic mass is 16.5. The van der Waals surface area contributed by atoms with Crippen molar-refractivity contribution in [3.8, 4) is 5.88 Å². The van der Waals surface area contributed by atoms with Gasteiger partial charge in [0.15, 0.2) is 0 Å². The molecular weight excluding hydrogens is 224 g/mol. The van der Waals surface area contributed by atoms with Gasteiger partial charge in [0.05, 0.1) is 6.61 Å². The summed E-state index contributed by atoms with van der Waals surface area (Å²) in [7, 11) is 0. The third kappa shape index (κ3) is 3.45. The third-order valence-electron chi connectivity index (χ3n) is 3.77. The highest BCUT2D eigenvalue weighted by molar-refractivity contribution is 5.28. The van der Waals surface area contributed by atoms with Crippen LogP contribution >= 0.6 is 0 Å². The number of ether oxygens (including phenoxy) is 1. The number of pyridine rings is 1. The molecule has 1 fully saturated rings. The molecule has 0 aliphatic heterocycles. The van der Waals surface area contributed by atoms with Gasteiger partial charge in [-0.25, -0.2) is 4.98 Å². The molecule has 0 bridgehead atoms. The molecule has 0 radical (unpaired) electrons. The minimum atomic E-state index is 0.294. The van der Waals surface area contributed by atoms with E-state index in [-0.39, 0.29) is 0 Å². The number of hydrogen-bond donors (Lipinski definition) is 1. The Hall–Kier alpha value is -1.09. The smallest absolute Gasteiger partial charge is 0.218 e. The lowest BCUT2D eigenvalue weighted by atomic mass is 9.83. The molecule has 1 atom stereocenters. The van der Waals surface area contributed by atoms with E-state index in [1.165, 1.54) is 25.7 Å². The number of nitrogens with one attached hydrogen (secondary N) is 1. The molecule has 2 rings (SSSR count).